The second-order valence-corrected chi connectivity index (χ2v) is 3.47. The van der Waals surface area contributed by atoms with Crippen molar-refractivity contribution in [3.8, 4) is 0 Å². The van der Waals surface area contributed by atoms with Gasteiger partial charge in [0.1, 0.15) is 12.1 Å². The number of nitrogens with two attached hydrogens (primary N) is 1. The number of rotatable bonds is 1. The van der Waals surface area contributed by atoms with E-state index in [2.05, 4.69) is 25.9 Å². The molecule has 0 saturated heterocycles. The Morgan fingerprint density at radius 3 is 2.79 bits per heavy atom. The first-order chi connectivity index (χ1) is 6.61. The first-order valence-corrected chi connectivity index (χ1v) is 4.45. The van der Waals surface area contributed by atoms with Crippen LogP contribution < -0.4 is 5.73 Å². The molecule has 0 aliphatic heterocycles. The average Bonchev–Trinajstić information content (AvgIpc) is 2.45. The quantitative estimate of drug-likeness (QED) is 0.857. The molecule has 0 unspecified atom stereocenters. The average molecular weight is 263 g/mol. The molecule has 2 aromatic rings. The van der Waals surface area contributed by atoms with E-state index >= 15 is 0 Å². The van der Waals surface area contributed by atoms with Gasteiger partial charge in [0, 0.05) is 10.7 Å². The Balaban J connectivity index is 2.84. The van der Waals surface area contributed by atoms with E-state index in [1.807, 2.05) is 0 Å². The number of fused-ring (bicyclic) bond motifs is 1. The van der Waals surface area contributed by atoms with E-state index in [-0.39, 0.29) is 11.5 Å². The van der Waals surface area contributed by atoms with Crippen molar-refractivity contribution in [3.63, 3.8) is 0 Å². The van der Waals surface area contributed by atoms with E-state index in [4.69, 9.17) is 5.73 Å². The van der Waals surface area contributed by atoms with E-state index in [1.165, 1.54) is 6.20 Å². The predicted molar refractivity (Wildman–Crippen MR) is 50.9 cm³/mol. The third-order valence-corrected chi connectivity index (χ3v) is 2.40. The number of anilines is 1. The van der Waals surface area contributed by atoms with Crippen LogP contribution in [0, 0.1) is 0 Å². The van der Waals surface area contributed by atoms with E-state index in [0.29, 0.717) is 9.86 Å². The number of hydrogen-bond donors (Lipinski definition) is 1. The molecule has 0 atom stereocenters. The summed E-state index contributed by atoms with van der Waals surface area (Å²) in [4.78, 5) is 7.47. The fourth-order valence-corrected chi connectivity index (χ4v) is 1.81. The zero-order valence-corrected chi connectivity index (χ0v) is 8.37. The highest BCUT2D eigenvalue weighted by atomic mass is 79.9. The molecular weight excluding hydrogens is 258 g/mol. The number of nitrogens with zero attached hydrogens (tertiary/aromatic N) is 3. The lowest BCUT2D eigenvalue weighted by Crippen LogP contribution is -1.98. The van der Waals surface area contributed by atoms with Crippen molar-refractivity contribution in [2.75, 3.05) is 5.73 Å². The molecule has 0 fully saturated rings. The monoisotopic (exact) mass is 262 g/mol. The van der Waals surface area contributed by atoms with Crippen molar-refractivity contribution in [1.29, 1.82) is 0 Å². The van der Waals surface area contributed by atoms with Gasteiger partial charge in [0.25, 0.3) is 0 Å². The Labute approximate surface area is 85.9 Å². The number of alkyl halides is 2. The molecule has 4 nitrogen and oxygen atoms in total. The Hall–Kier alpha value is -1.24. The fourth-order valence-electron chi connectivity index (χ4n) is 1.21. The van der Waals surface area contributed by atoms with Crippen molar-refractivity contribution >= 4 is 32.8 Å². The summed E-state index contributed by atoms with van der Waals surface area (Å²) in [6.07, 6.45) is 2.39. The molecule has 2 heterocycles. The Morgan fingerprint density at radius 1 is 1.43 bits per heavy atom. The molecule has 0 saturated carbocycles. The maximum absolute atomic E-state index is 12.5. The van der Waals surface area contributed by atoms with Gasteiger partial charge < -0.3 is 5.73 Å². The number of nitrogen functional groups attached to an aromatic ring is 1. The van der Waals surface area contributed by atoms with Gasteiger partial charge in [0.15, 0.2) is 5.65 Å². The van der Waals surface area contributed by atoms with Gasteiger partial charge in [-0.05, 0) is 15.9 Å². The molecule has 0 radical (unpaired) electrons. The highest BCUT2D eigenvalue weighted by Crippen LogP contribution is 2.30. The lowest BCUT2D eigenvalue weighted by molar-refractivity contribution is 0.0745. The van der Waals surface area contributed by atoms with Crippen LogP contribution >= 0.6 is 15.9 Å². The van der Waals surface area contributed by atoms with Crippen LogP contribution in [-0.2, 0) is 0 Å². The SMILES string of the molecule is Nc1ncnc2c1c(Br)cn2C(F)F. The number of halogens is 3. The molecule has 2 N–H and O–H groups in total. The largest absolute Gasteiger partial charge is 0.383 e. The van der Waals surface area contributed by atoms with Crippen LogP contribution in [-0.4, -0.2) is 14.5 Å². The lowest BCUT2D eigenvalue weighted by atomic mass is 10.4. The molecule has 2 rings (SSSR count). The summed E-state index contributed by atoms with van der Waals surface area (Å²) in [5.74, 6) is 0.182. The second-order valence-electron chi connectivity index (χ2n) is 2.62. The molecular formula is C7H5BrF2N4. The fraction of sp³-hybridized carbons (Fsp3) is 0.143. The van der Waals surface area contributed by atoms with E-state index in [0.717, 1.165) is 10.9 Å². The van der Waals surface area contributed by atoms with E-state index in [9.17, 15) is 8.78 Å². The van der Waals surface area contributed by atoms with Crippen LogP contribution in [0.2, 0.25) is 0 Å². The van der Waals surface area contributed by atoms with Crippen LogP contribution in [0.25, 0.3) is 11.0 Å². The third kappa shape index (κ3) is 1.24. The summed E-state index contributed by atoms with van der Waals surface area (Å²) in [7, 11) is 0. The zero-order chi connectivity index (χ0) is 10.3. The molecule has 2 aromatic heterocycles. The molecule has 0 aromatic carbocycles. The molecule has 0 spiro atoms. The highest BCUT2D eigenvalue weighted by Gasteiger charge is 2.16. The topological polar surface area (TPSA) is 56.7 Å². The smallest absolute Gasteiger partial charge is 0.320 e. The van der Waals surface area contributed by atoms with Gasteiger partial charge in [-0.15, -0.1) is 0 Å². The second kappa shape index (κ2) is 3.16. The summed E-state index contributed by atoms with van der Waals surface area (Å²) in [5.41, 5.74) is 5.66. The summed E-state index contributed by atoms with van der Waals surface area (Å²) in [5, 5.41) is 0.410. The summed E-state index contributed by atoms with van der Waals surface area (Å²) < 4.78 is 26.2. The maximum Gasteiger partial charge on any atom is 0.320 e. The summed E-state index contributed by atoms with van der Waals surface area (Å²) in [6, 6.07) is 0. The van der Waals surface area contributed by atoms with Gasteiger partial charge in [-0.2, -0.15) is 8.78 Å². The van der Waals surface area contributed by atoms with Crippen molar-refractivity contribution in [1.82, 2.24) is 14.5 Å². The van der Waals surface area contributed by atoms with Crippen LogP contribution in [0.15, 0.2) is 17.0 Å². The standard InChI is InChI=1S/C7H5BrF2N4/c8-3-1-14(7(9)10)6-4(3)5(11)12-2-13-6/h1-2,7H,(H2,11,12,13). The first kappa shape index (κ1) is 9.32. The maximum atomic E-state index is 12.5. The van der Waals surface area contributed by atoms with Gasteiger partial charge in [0.05, 0.1) is 5.39 Å². The Morgan fingerprint density at radius 2 is 2.14 bits per heavy atom. The normalized spacial score (nSPS) is 11.4. The van der Waals surface area contributed by atoms with Gasteiger partial charge in [-0.3, -0.25) is 4.57 Å². The minimum absolute atomic E-state index is 0.124. The third-order valence-electron chi connectivity index (χ3n) is 1.80. The highest BCUT2D eigenvalue weighted by molar-refractivity contribution is 9.10. The van der Waals surface area contributed by atoms with E-state index < -0.39 is 6.55 Å². The molecule has 14 heavy (non-hydrogen) atoms. The van der Waals surface area contributed by atoms with E-state index in [1.54, 1.807) is 0 Å². The lowest BCUT2D eigenvalue weighted by Gasteiger charge is -2.01. The van der Waals surface area contributed by atoms with Gasteiger partial charge >= 0.3 is 6.55 Å². The minimum atomic E-state index is -2.64. The molecule has 0 bridgehead atoms. The molecule has 0 aliphatic carbocycles. The molecule has 0 aliphatic rings. The Kier molecular flexibility index (Phi) is 2.10. The number of aromatic nitrogens is 3. The van der Waals surface area contributed by atoms with Crippen LogP contribution in [0.3, 0.4) is 0 Å². The van der Waals surface area contributed by atoms with Crippen molar-refractivity contribution in [2.24, 2.45) is 0 Å². The molecule has 7 heteroatoms. The van der Waals surface area contributed by atoms with Crippen molar-refractivity contribution in [2.45, 2.75) is 6.55 Å². The first-order valence-electron chi connectivity index (χ1n) is 3.66. The Bertz CT molecular complexity index is 482. The predicted octanol–water partition coefficient (Wildman–Crippen LogP) is 2.17. The summed E-state index contributed by atoms with van der Waals surface area (Å²) in [6.45, 7) is -2.64. The van der Waals surface area contributed by atoms with Crippen LogP contribution in [0.5, 0.6) is 0 Å². The number of hydrogen-bond acceptors (Lipinski definition) is 3. The minimum Gasteiger partial charge on any atom is -0.383 e. The molecule has 74 valence electrons. The van der Waals surface area contributed by atoms with Crippen LogP contribution in [0.1, 0.15) is 6.55 Å². The van der Waals surface area contributed by atoms with Crippen molar-refractivity contribution < 1.29 is 8.78 Å². The van der Waals surface area contributed by atoms with Crippen molar-refractivity contribution in [3.05, 3.63) is 17.0 Å². The zero-order valence-electron chi connectivity index (χ0n) is 6.78. The van der Waals surface area contributed by atoms with Gasteiger partial charge in [-0.25, -0.2) is 9.97 Å². The molecule has 0 amide bonds. The van der Waals surface area contributed by atoms with Crippen LogP contribution in [0.4, 0.5) is 14.6 Å². The summed E-state index contributed by atoms with van der Waals surface area (Å²) >= 11 is 3.12. The van der Waals surface area contributed by atoms with Gasteiger partial charge in [-0.1, -0.05) is 0 Å². The van der Waals surface area contributed by atoms with Gasteiger partial charge in [0.2, 0.25) is 0 Å².